The van der Waals surface area contributed by atoms with E-state index in [-0.39, 0.29) is 6.42 Å². The highest BCUT2D eigenvalue weighted by molar-refractivity contribution is 5.92. The summed E-state index contributed by atoms with van der Waals surface area (Å²) in [6, 6.07) is 1.78. The molecule has 0 radical (unpaired) electrons. The van der Waals surface area contributed by atoms with Crippen molar-refractivity contribution in [1.82, 2.24) is 0 Å². The predicted octanol–water partition coefficient (Wildman–Crippen LogP) is 0.322. The van der Waals surface area contributed by atoms with Crippen LogP contribution in [-0.2, 0) is 9.59 Å². The molecule has 0 aliphatic rings. The van der Waals surface area contributed by atoms with Crippen LogP contribution in [0.4, 0.5) is 0 Å². The molecule has 0 bridgehead atoms. The third kappa shape index (κ3) is 3.01. The largest absolute Gasteiger partial charge is 0.481 e. The standard InChI is InChI=1S/C7H9NO4/c1-4(3-8)2-5(6(9)10)7(11)12/h4-5H,2H2,1H3,(H,9,10)(H,11,12). The molecule has 0 saturated carbocycles. The van der Waals surface area contributed by atoms with Crippen LogP contribution >= 0.6 is 0 Å². The number of hydrogen-bond acceptors (Lipinski definition) is 3. The third-order valence-electron chi connectivity index (χ3n) is 1.41. The number of nitrogens with zero attached hydrogens (tertiary/aromatic N) is 1. The molecule has 5 heteroatoms. The SMILES string of the molecule is CC(C#N)CC(C(=O)O)C(=O)O. The smallest absolute Gasteiger partial charge is 0.317 e. The lowest BCUT2D eigenvalue weighted by atomic mass is 9.97. The van der Waals surface area contributed by atoms with E-state index in [2.05, 4.69) is 0 Å². The Morgan fingerprint density at radius 3 is 2.08 bits per heavy atom. The maximum Gasteiger partial charge on any atom is 0.317 e. The molecule has 0 aliphatic heterocycles. The van der Waals surface area contributed by atoms with Gasteiger partial charge in [0.05, 0.1) is 6.07 Å². The molecule has 1 atom stereocenters. The molecule has 0 aromatic carbocycles. The fourth-order valence-electron chi connectivity index (χ4n) is 0.714. The summed E-state index contributed by atoms with van der Waals surface area (Å²) in [5, 5.41) is 25.1. The Hall–Kier alpha value is -1.57. The Balaban J connectivity index is 4.26. The summed E-state index contributed by atoms with van der Waals surface area (Å²) in [7, 11) is 0. The van der Waals surface area contributed by atoms with Crippen molar-refractivity contribution in [1.29, 1.82) is 5.26 Å². The van der Waals surface area contributed by atoms with Crippen LogP contribution in [0.15, 0.2) is 0 Å². The van der Waals surface area contributed by atoms with E-state index in [1.54, 1.807) is 6.07 Å². The van der Waals surface area contributed by atoms with Crippen molar-refractivity contribution in [3.63, 3.8) is 0 Å². The molecule has 0 heterocycles. The molecule has 0 aromatic heterocycles. The van der Waals surface area contributed by atoms with E-state index in [0.29, 0.717) is 0 Å². The van der Waals surface area contributed by atoms with E-state index in [1.807, 2.05) is 0 Å². The zero-order chi connectivity index (χ0) is 9.72. The van der Waals surface area contributed by atoms with E-state index in [4.69, 9.17) is 15.5 Å². The highest BCUT2D eigenvalue weighted by atomic mass is 16.4. The highest BCUT2D eigenvalue weighted by Crippen LogP contribution is 2.11. The number of nitriles is 1. The van der Waals surface area contributed by atoms with Gasteiger partial charge in [0, 0.05) is 5.92 Å². The number of aliphatic carboxylic acids is 2. The lowest BCUT2D eigenvalue weighted by Gasteiger charge is -2.07. The van der Waals surface area contributed by atoms with Crippen molar-refractivity contribution in [2.24, 2.45) is 11.8 Å². The van der Waals surface area contributed by atoms with Gasteiger partial charge in [0.1, 0.15) is 0 Å². The van der Waals surface area contributed by atoms with E-state index in [9.17, 15) is 9.59 Å². The summed E-state index contributed by atoms with van der Waals surface area (Å²) in [4.78, 5) is 20.6. The average Bonchev–Trinajstić information content (AvgIpc) is 1.98. The Morgan fingerprint density at radius 2 is 1.83 bits per heavy atom. The quantitative estimate of drug-likeness (QED) is 0.593. The first-order valence-corrected chi connectivity index (χ1v) is 3.34. The first kappa shape index (κ1) is 10.4. The second-order valence-electron chi connectivity index (χ2n) is 2.49. The van der Waals surface area contributed by atoms with Crippen molar-refractivity contribution in [2.45, 2.75) is 13.3 Å². The summed E-state index contributed by atoms with van der Waals surface area (Å²) in [5.41, 5.74) is 0. The molecule has 0 saturated heterocycles. The van der Waals surface area contributed by atoms with E-state index in [0.717, 1.165) is 0 Å². The minimum absolute atomic E-state index is 0.152. The summed E-state index contributed by atoms with van der Waals surface area (Å²) < 4.78 is 0. The molecule has 5 nitrogen and oxygen atoms in total. The Morgan fingerprint density at radius 1 is 1.42 bits per heavy atom. The van der Waals surface area contributed by atoms with Gasteiger partial charge in [0.25, 0.3) is 0 Å². The third-order valence-corrected chi connectivity index (χ3v) is 1.41. The van der Waals surface area contributed by atoms with Crippen LogP contribution in [0.3, 0.4) is 0 Å². The van der Waals surface area contributed by atoms with Gasteiger partial charge in [-0.1, -0.05) is 0 Å². The summed E-state index contributed by atoms with van der Waals surface area (Å²) in [6.45, 7) is 1.48. The zero-order valence-corrected chi connectivity index (χ0v) is 6.52. The Kier molecular flexibility index (Phi) is 3.77. The molecule has 0 aromatic rings. The summed E-state index contributed by atoms with van der Waals surface area (Å²) in [5.74, 6) is -4.82. The van der Waals surface area contributed by atoms with Crippen LogP contribution < -0.4 is 0 Å². The first-order chi connectivity index (χ1) is 5.49. The van der Waals surface area contributed by atoms with Crippen LogP contribution in [0, 0.1) is 23.2 Å². The molecule has 2 N–H and O–H groups in total. The number of hydrogen-bond donors (Lipinski definition) is 2. The summed E-state index contributed by atoms with van der Waals surface area (Å²) in [6.07, 6.45) is -0.152. The average molecular weight is 171 g/mol. The minimum atomic E-state index is -1.47. The molecular weight excluding hydrogens is 162 g/mol. The molecule has 0 rings (SSSR count). The van der Waals surface area contributed by atoms with Gasteiger partial charge in [-0.05, 0) is 13.3 Å². The molecule has 0 aliphatic carbocycles. The maximum absolute atomic E-state index is 10.3. The van der Waals surface area contributed by atoms with Gasteiger partial charge >= 0.3 is 11.9 Å². The van der Waals surface area contributed by atoms with E-state index in [1.165, 1.54) is 6.92 Å². The molecular formula is C7H9NO4. The van der Waals surface area contributed by atoms with Gasteiger partial charge in [0.15, 0.2) is 5.92 Å². The fourth-order valence-corrected chi connectivity index (χ4v) is 0.714. The van der Waals surface area contributed by atoms with Gasteiger partial charge in [-0.25, -0.2) is 0 Å². The second kappa shape index (κ2) is 4.34. The fraction of sp³-hybridized carbons (Fsp3) is 0.571. The van der Waals surface area contributed by atoms with Crippen molar-refractivity contribution in [3.8, 4) is 6.07 Å². The topological polar surface area (TPSA) is 98.4 Å². The molecule has 66 valence electrons. The molecule has 12 heavy (non-hydrogen) atoms. The van der Waals surface area contributed by atoms with Crippen LogP contribution in [0.5, 0.6) is 0 Å². The molecule has 0 amide bonds. The summed E-state index contributed by atoms with van der Waals surface area (Å²) >= 11 is 0. The normalized spacial score (nSPS) is 12.1. The molecule has 0 fully saturated rings. The van der Waals surface area contributed by atoms with E-state index < -0.39 is 23.8 Å². The second-order valence-corrected chi connectivity index (χ2v) is 2.49. The van der Waals surface area contributed by atoms with E-state index >= 15 is 0 Å². The van der Waals surface area contributed by atoms with Crippen molar-refractivity contribution >= 4 is 11.9 Å². The first-order valence-electron chi connectivity index (χ1n) is 3.34. The number of carboxylic acids is 2. The van der Waals surface area contributed by atoms with Gasteiger partial charge in [0.2, 0.25) is 0 Å². The van der Waals surface area contributed by atoms with Gasteiger partial charge in [-0.3, -0.25) is 9.59 Å². The molecule has 1 unspecified atom stereocenters. The lowest BCUT2D eigenvalue weighted by Crippen LogP contribution is -2.25. The van der Waals surface area contributed by atoms with Crippen LogP contribution in [0.2, 0.25) is 0 Å². The number of rotatable bonds is 4. The zero-order valence-electron chi connectivity index (χ0n) is 6.52. The van der Waals surface area contributed by atoms with Crippen LogP contribution in [0.25, 0.3) is 0 Å². The van der Waals surface area contributed by atoms with Gasteiger partial charge in [-0.2, -0.15) is 5.26 Å². The lowest BCUT2D eigenvalue weighted by molar-refractivity contribution is -0.155. The Labute approximate surface area is 69.2 Å². The predicted molar refractivity (Wildman–Crippen MR) is 38.2 cm³/mol. The van der Waals surface area contributed by atoms with Crippen LogP contribution in [-0.4, -0.2) is 22.2 Å². The maximum atomic E-state index is 10.3. The monoisotopic (exact) mass is 171 g/mol. The molecule has 0 spiro atoms. The number of carboxylic acid groups (broad SMARTS) is 2. The Bertz CT molecular complexity index is 216. The number of carbonyl (C=O) groups is 2. The minimum Gasteiger partial charge on any atom is -0.481 e. The highest BCUT2D eigenvalue weighted by Gasteiger charge is 2.27. The van der Waals surface area contributed by atoms with Crippen LogP contribution in [0.1, 0.15) is 13.3 Å². The van der Waals surface area contributed by atoms with Crippen molar-refractivity contribution in [3.05, 3.63) is 0 Å². The van der Waals surface area contributed by atoms with Gasteiger partial charge in [-0.15, -0.1) is 0 Å². The van der Waals surface area contributed by atoms with Crippen molar-refractivity contribution < 1.29 is 19.8 Å². The van der Waals surface area contributed by atoms with Crippen molar-refractivity contribution in [2.75, 3.05) is 0 Å². The van der Waals surface area contributed by atoms with Gasteiger partial charge < -0.3 is 10.2 Å².